The molecule has 3 aromatic rings. The molecule has 0 unspecified atom stereocenters. The number of allylic oxidation sites excluding steroid dienone is 1. The summed E-state index contributed by atoms with van der Waals surface area (Å²) >= 11 is 0. The van der Waals surface area contributed by atoms with Gasteiger partial charge in [-0.25, -0.2) is 18.7 Å². The summed E-state index contributed by atoms with van der Waals surface area (Å²) in [5.74, 6) is -2.29. The van der Waals surface area contributed by atoms with Crippen molar-refractivity contribution in [2.24, 2.45) is 21.4 Å². The summed E-state index contributed by atoms with van der Waals surface area (Å²) in [7, 11) is 0. The van der Waals surface area contributed by atoms with Gasteiger partial charge >= 0.3 is 0 Å². The van der Waals surface area contributed by atoms with Gasteiger partial charge in [-0.15, -0.1) is 0 Å². The molecule has 3 aromatic carbocycles. The van der Waals surface area contributed by atoms with Gasteiger partial charge in [-0.1, -0.05) is 47.2 Å². The Morgan fingerprint density at radius 3 is 2.30 bits per heavy atom. The van der Waals surface area contributed by atoms with E-state index in [0.717, 1.165) is 52.1 Å². The lowest BCUT2D eigenvalue weighted by atomic mass is 9.77. The van der Waals surface area contributed by atoms with Crippen LogP contribution in [-0.4, -0.2) is 52.1 Å². The molecule has 0 radical (unpaired) electrons. The number of hydrogen-bond acceptors (Lipinski definition) is 7. The normalized spacial score (nSPS) is 25.1. The number of carbonyl (C=O) groups is 3. The summed E-state index contributed by atoms with van der Waals surface area (Å²) in [5, 5.41) is 15.6. The number of imide groups is 1. The van der Waals surface area contributed by atoms with Gasteiger partial charge in [0.1, 0.15) is 18.2 Å². The molecule has 4 aliphatic rings. The van der Waals surface area contributed by atoms with Crippen molar-refractivity contribution in [1.82, 2.24) is 10.0 Å². The highest BCUT2D eigenvalue weighted by atomic mass is 19.1. The third kappa shape index (κ3) is 4.78. The molecule has 1 saturated heterocycles. The van der Waals surface area contributed by atoms with Crippen LogP contribution in [0.5, 0.6) is 0 Å². The zero-order valence-electron chi connectivity index (χ0n) is 23.8. The number of carbonyl (C=O) groups excluding carboxylic acids is 3. The third-order valence-corrected chi connectivity index (χ3v) is 8.63. The monoisotopic (exact) mass is 594 g/mol. The fourth-order valence-electron chi connectivity index (χ4n) is 6.47. The van der Waals surface area contributed by atoms with Crippen molar-refractivity contribution in [3.05, 3.63) is 107 Å². The zero-order valence-corrected chi connectivity index (χ0v) is 23.8. The van der Waals surface area contributed by atoms with Gasteiger partial charge < -0.3 is 0 Å². The summed E-state index contributed by atoms with van der Waals surface area (Å²) in [6.45, 7) is 1.58. The van der Waals surface area contributed by atoms with Gasteiger partial charge in [0.15, 0.2) is 12.1 Å². The summed E-state index contributed by atoms with van der Waals surface area (Å²) in [5.41, 5.74) is 4.67. The standard InChI is InChI=1S/C33H28F2N6O3/c1-19-5-15-25(16-6-19)40-32(43)29-31(33(40)44)39(38-36-29)18-27(42)41-30(21-9-13-24(35)14-10-21)26-4-2-3-22(28(26)37-41)17-20-7-11-23(34)12-8-20/h5-17,26,29-31H,2-4,18H2,1H3/b22-17+/t26-,29+,30+,31+/m0/s1. The minimum absolute atomic E-state index is 0.149. The fourth-order valence-corrected chi connectivity index (χ4v) is 6.47. The summed E-state index contributed by atoms with van der Waals surface area (Å²) in [6.07, 6.45) is 4.31. The first kappa shape index (κ1) is 27.8. The van der Waals surface area contributed by atoms with Crippen molar-refractivity contribution in [2.75, 3.05) is 11.4 Å². The molecule has 1 aliphatic carbocycles. The molecule has 44 heavy (non-hydrogen) atoms. The number of fused-ring (bicyclic) bond motifs is 2. The van der Waals surface area contributed by atoms with Crippen LogP contribution in [0.25, 0.3) is 6.08 Å². The number of anilines is 1. The number of rotatable bonds is 5. The van der Waals surface area contributed by atoms with E-state index in [1.165, 1.54) is 34.3 Å². The van der Waals surface area contributed by atoms with Crippen LogP contribution in [0.3, 0.4) is 0 Å². The van der Waals surface area contributed by atoms with Gasteiger partial charge in [-0.3, -0.25) is 19.4 Å². The second-order valence-electron chi connectivity index (χ2n) is 11.5. The quantitative estimate of drug-likeness (QED) is 0.370. The van der Waals surface area contributed by atoms with Crippen molar-refractivity contribution in [3.63, 3.8) is 0 Å². The second kappa shape index (κ2) is 10.9. The molecule has 3 aliphatic heterocycles. The topological polar surface area (TPSA) is 98.0 Å². The predicted molar refractivity (Wildman–Crippen MR) is 158 cm³/mol. The molecule has 4 atom stereocenters. The largest absolute Gasteiger partial charge is 0.271 e. The van der Waals surface area contributed by atoms with Crippen LogP contribution in [0.4, 0.5) is 14.5 Å². The predicted octanol–water partition coefficient (Wildman–Crippen LogP) is 5.39. The molecule has 0 bridgehead atoms. The van der Waals surface area contributed by atoms with E-state index in [2.05, 4.69) is 10.3 Å². The lowest BCUT2D eigenvalue weighted by Crippen LogP contribution is -2.45. The Morgan fingerprint density at radius 1 is 0.909 bits per heavy atom. The first-order valence-electron chi connectivity index (χ1n) is 14.5. The van der Waals surface area contributed by atoms with E-state index >= 15 is 0 Å². The molecule has 7 rings (SSSR count). The Morgan fingerprint density at radius 2 is 1.59 bits per heavy atom. The highest BCUT2D eigenvalue weighted by Gasteiger charge is 2.55. The maximum Gasteiger partial charge on any atom is 0.264 e. The molecule has 222 valence electrons. The number of nitrogens with zero attached hydrogens (tertiary/aromatic N) is 6. The average molecular weight is 595 g/mol. The second-order valence-corrected chi connectivity index (χ2v) is 11.5. The molecular formula is C33H28F2N6O3. The lowest BCUT2D eigenvalue weighted by molar-refractivity contribution is -0.136. The summed E-state index contributed by atoms with van der Waals surface area (Å²) < 4.78 is 27.4. The van der Waals surface area contributed by atoms with E-state index in [1.54, 1.807) is 36.4 Å². The van der Waals surface area contributed by atoms with Gasteiger partial charge in [-0.05, 0) is 85.4 Å². The molecular weight excluding hydrogens is 566 g/mol. The van der Waals surface area contributed by atoms with Crippen LogP contribution in [0.15, 0.2) is 93.8 Å². The van der Waals surface area contributed by atoms with Gasteiger partial charge in [0.05, 0.1) is 17.4 Å². The van der Waals surface area contributed by atoms with E-state index in [0.29, 0.717) is 5.69 Å². The SMILES string of the molecule is Cc1ccc(N2C(=O)[C@@H]3N=NN(CC(=O)N4N=C5/C(=C/c6ccc(F)cc6)CCC[C@@H]5[C@H]4c4ccc(F)cc4)[C@H]3C2=O)cc1. The van der Waals surface area contributed by atoms with Crippen LogP contribution in [0, 0.1) is 24.5 Å². The fraction of sp³-hybridized carbons (Fsp3) is 0.273. The van der Waals surface area contributed by atoms with E-state index < -0.39 is 41.7 Å². The number of amides is 3. The van der Waals surface area contributed by atoms with Gasteiger partial charge in [0, 0.05) is 5.92 Å². The van der Waals surface area contributed by atoms with E-state index in [-0.39, 0.29) is 18.3 Å². The molecule has 0 aromatic heterocycles. The zero-order chi connectivity index (χ0) is 30.5. The number of halogens is 2. The maximum atomic E-state index is 14.0. The Hall–Kier alpha value is -5.06. The highest BCUT2D eigenvalue weighted by molar-refractivity contribution is 6.25. The minimum atomic E-state index is -1.04. The van der Waals surface area contributed by atoms with Crippen LogP contribution in [0.2, 0.25) is 0 Å². The minimum Gasteiger partial charge on any atom is -0.271 e. The lowest BCUT2D eigenvalue weighted by Gasteiger charge is -2.30. The van der Waals surface area contributed by atoms with E-state index in [4.69, 9.17) is 5.10 Å². The first-order chi connectivity index (χ1) is 21.3. The van der Waals surface area contributed by atoms with Gasteiger partial charge in [0.2, 0.25) is 0 Å². The van der Waals surface area contributed by atoms with Crippen LogP contribution in [0.1, 0.15) is 42.0 Å². The average Bonchev–Trinajstić information content (AvgIpc) is 3.69. The first-order valence-corrected chi connectivity index (χ1v) is 14.5. The van der Waals surface area contributed by atoms with E-state index in [1.807, 2.05) is 25.1 Å². The number of aryl methyl sites for hydroxylation is 1. The van der Waals surface area contributed by atoms with Crippen LogP contribution >= 0.6 is 0 Å². The summed E-state index contributed by atoms with van der Waals surface area (Å²) in [6, 6.07) is 16.6. The Bertz CT molecular complexity index is 1740. The van der Waals surface area contributed by atoms with Gasteiger partial charge in [-0.2, -0.15) is 10.2 Å². The van der Waals surface area contributed by atoms with Crippen molar-refractivity contribution in [1.29, 1.82) is 0 Å². The Balaban J connectivity index is 1.18. The number of hydrazone groups is 1. The Kier molecular flexibility index (Phi) is 6.87. The molecule has 1 saturated carbocycles. The molecule has 0 N–H and O–H groups in total. The maximum absolute atomic E-state index is 14.0. The third-order valence-electron chi connectivity index (χ3n) is 8.63. The number of hydrogen-bond donors (Lipinski definition) is 0. The molecule has 3 heterocycles. The molecule has 3 amide bonds. The van der Waals surface area contributed by atoms with E-state index in [9.17, 15) is 23.2 Å². The molecule has 11 heteroatoms. The van der Waals surface area contributed by atoms with Gasteiger partial charge in [0.25, 0.3) is 17.7 Å². The smallest absolute Gasteiger partial charge is 0.264 e. The molecule has 9 nitrogen and oxygen atoms in total. The van der Waals surface area contributed by atoms with Crippen molar-refractivity contribution < 1.29 is 23.2 Å². The highest BCUT2D eigenvalue weighted by Crippen LogP contribution is 2.45. The van der Waals surface area contributed by atoms with Crippen molar-refractivity contribution in [3.8, 4) is 0 Å². The summed E-state index contributed by atoms with van der Waals surface area (Å²) in [4.78, 5) is 41.7. The van der Waals surface area contributed by atoms with Crippen LogP contribution < -0.4 is 4.90 Å². The molecule has 2 fully saturated rings. The van der Waals surface area contributed by atoms with Crippen molar-refractivity contribution in [2.45, 2.75) is 44.3 Å². The molecule has 0 spiro atoms. The van der Waals surface area contributed by atoms with Crippen LogP contribution in [-0.2, 0) is 14.4 Å². The number of benzene rings is 3. The Labute approximate surface area is 252 Å². The van der Waals surface area contributed by atoms with Crippen molar-refractivity contribution >= 4 is 35.2 Å².